The van der Waals surface area contributed by atoms with E-state index in [1.165, 1.54) is 0 Å². The molecule has 1 rings (SSSR count). The number of amides is 1. The summed E-state index contributed by atoms with van der Waals surface area (Å²) >= 11 is 3.36. The van der Waals surface area contributed by atoms with Gasteiger partial charge in [0.15, 0.2) is 0 Å². The van der Waals surface area contributed by atoms with Crippen LogP contribution in [0.25, 0.3) is 0 Å². The SMILES string of the molecule is CCN(CCBr)C(=O)c1cc(C)nn1CC. The summed E-state index contributed by atoms with van der Waals surface area (Å²) in [4.78, 5) is 14.0. The van der Waals surface area contributed by atoms with Crippen LogP contribution in [-0.2, 0) is 6.54 Å². The minimum Gasteiger partial charge on any atom is -0.337 e. The Hall–Kier alpha value is -0.840. The summed E-state index contributed by atoms with van der Waals surface area (Å²) in [5.74, 6) is 0.0596. The largest absolute Gasteiger partial charge is 0.337 e. The van der Waals surface area contributed by atoms with Crippen molar-refractivity contribution in [1.82, 2.24) is 14.7 Å². The molecule has 0 aliphatic heterocycles. The first-order chi connectivity index (χ1) is 7.63. The maximum Gasteiger partial charge on any atom is 0.272 e. The van der Waals surface area contributed by atoms with E-state index in [1.54, 1.807) is 4.68 Å². The summed E-state index contributed by atoms with van der Waals surface area (Å²) in [6, 6.07) is 1.85. The minimum atomic E-state index is 0.0596. The molecule has 0 N–H and O–H groups in total. The number of carbonyl (C=O) groups is 1. The van der Waals surface area contributed by atoms with Gasteiger partial charge in [0.25, 0.3) is 5.91 Å². The van der Waals surface area contributed by atoms with E-state index in [1.807, 2.05) is 31.7 Å². The number of halogens is 1. The topological polar surface area (TPSA) is 38.1 Å². The predicted octanol–water partition coefficient (Wildman–Crippen LogP) is 2.07. The molecule has 0 aliphatic carbocycles. The van der Waals surface area contributed by atoms with Crippen LogP contribution in [-0.4, -0.2) is 39.0 Å². The van der Waals surface area contributed by atoms with Crippen LogP contribution in [0, 0.1) is 6.92 Å². The lowest BCUT2D eigenvalue weighted by Gasteiger charge is -2.19. The molecule has 0 saturated carbocycles. The average molecular weight is 288 g/mol. The summed E-state index contributed by atoms with van der Waals surface area (Å²) in [6.45, 7) is 8.05. The van der Waals surface area contributed by atoms with Gasteiger partial charge in [0, 0.05) is 25.0 Å². The Labute approximate surface area is 105 Å². The number of rotatable bonds is 5. The number of hydrogen-bond donors (Lipinski definition) is 0. The highest BCUT2D eigenvalue weighted by Crippen LogP contribution is 2.08. The third-order valence-electron chi connectivity index (χ3n) is 2.44. The molecule has 0 atom stereocenters. The standard InChI is InChI=1S/C11H18BrN3O/c1-4-14(7-6-12)11(16)10-8-9(3)13-15(10)5-2/h8H,4-7H2,1-3H3. The van der Waals surface area contributed by atoms with Gasteiger partial charge < -0.3 is 4.90 Å². The van der Waals surface area contributed by atoms with Crippen molar-refractivity contribution in [1.29, 1.82) is 0 Å². The lowest BCUT2D eigenvalue weighted by molar-refractivity contribution is 0.0762. The van der Waals surface area contributed by atoms with E-state index in [9.17, 15) is 4.79 Å². The quantitative estimate of drug-likeness (QED) is 0.778. The highest BCUT2D eigenvalue weighted by molar-refractivity contribution is 9.09. The van der Waals surface area contributed by atoms with Crippen molar-refractivity contribution in [2.75, 3.05) is 18.4 Å². The van der Waals surface area contributed by atoms with Crippen molar-refractivity contribution in [3.8, 4) is 0 Å². The van der Waals surface area contributed by atoms with E-state index >= 15 is 0 Å². The molecule has 0 aliphatic rings. The van der Waals surface area contributed by atoms with Gasteiger partial charge in [-0.05, 0) is 26.8 Å². The number of alkyl halides is 1. The van der Waals surface area contributed by atoms with Crippen molar-refractivity contribution in [3.05, 3.63) is 17.5 Å². The second-order valence-corrected chi connectivity index (χ2v) is 4.35. The van der Waals surface area contributed by atoms with E-state index in [0.717, 1.165) is 30.7 Å². The molecule has 1 heterocycles. The molecule has 0 aromatic carbocycles. The molecule has 1 amide bonds. The Morgan fingerprint density at radius 3 is 2.75 bits per heavy atom. The average Bonchev–Trinajstić information content (AvgIpc) is 2.66. The van der Waals surface area contributed by atoms with Gasteiger partial charge in [0.05, 0.1) is 5.69 Å². The molecule has 0 unspecified atom stereocenters. The van der Waals surface area contributed by atoms with Crippen LogP contribution >= 0.6 is 15.9 Å². The van der Waals surface area contributed by atoms with Crippen LogP contribution < -0.4 is 0 Å². The Kier molecular flexibility index (Phi) is 4.99. The molecule has 90 valence electrons. The van der Waals surface area contributed by atoms with E-state index in [0.29, 0.717) is 5.69 Å². The number of carbonyl (C=O) groups excluding carboxylic acids is 1. The first-order valence-electron chi connectivity index (χ1n) is 5.53. The monoisotopic (exact) mass is 287 g/mol. The maximum absolute atomic E-state index is 12.2. The molecular formula is C11H18BrN3O. The van der Waals surface area contributed by atoms with E-state index in [-0.39, 0.29) is 5.91 Å². The normalized spacial score (nSPS) is 10.5. The molecular weight excluding hydrogens is 270 g/mol. The van der Waals surface area contributed by atoms with Gasteiger partial charge in [0.2, 0.25) is 0 Å². The summed E-state index contributed by atoms with van der Waals surface area (Å²) in [6.07, 6.45) is 0. The molecule has 0 saturated heterocycles. The first kappa shape index (κ1) is 13.2. The van der Waals surface area contributed by atoms with Crippen molar-refractivity contribution in [2.45, 2.75) is 27.3 Å². The molecule has 1 aromatic rings. The zero-order valence-electron chi connectivity index (χ0n) is 10.0. The molecule has 0 spiro atoms. The lowest BCUT2D eigenvalue weighted by Crippen LogP contribution is -2.34. The van der Waals surface area contributed by atoms with Gasteiger partial charge in [0.1, 0.15) is 5.69 Å². The van der Waals surface area contributed by atoms with Gasteiger partial charge >= 0.3 is 0 Å². The zero-order valence-corrected chi connectivity index (χ0v) is 11.6. The summed E-state index contributed by atoms with van der Waals surface area (Å²) in [5, 5.41) is 5.08. The molecule has 5 heteroatoms. The smallest absolute Gasteiger partial charge is 0.272 e. The zero-order chi connectivity index (χ0) is 12.1. The van der Waals surface area contributed by atoms with Crippen LogP contribution in [0.3, 0.4) is 0 Å². The molecule has 0 radical (unpaired) electrons. The number of nitrogens with zero attached hydrogens (tertiary/aromatic N) is 3. The fraction of sp³-hybridized carbons (Fsp3) is 0.636. The van der Waals surface area contributed by atoms with Gasteiger partial charge in [-0.2, -0.15) is 5.10 Å². The van der Waals surface area contributed by atoms with Crippen molar-refractivity contribution in [2.24, 2.45) is 0 Å². The lowest BCUT2D eigenvalue weighted by atomic mass is 10.3. The molecule has 1 aromatic heterocycles. The Balaban J connectivity index is 2.93. The van der Waals surface area contributed by atoms with E-state index in [4.69, 9.17) is 0 Å². The van der Waals surface area contributed by atoms with Crippen LogP contribution in [0.2, 0.25) is 0 Å². The van der Waals surface area contributed by atoms with Gasteiger partial charge in [-0.3, -0.25) is 9.48 Å². The molecule has 16 heavy (non-hydrogen) atoms. The van der Waals surface area contributed by atoms with Gasteiger partial charge in [-0.1, -0.05) is 15.9 Å². The van der Waals surface area contributed by atoms with Gasteiger partial charge in [-0.25, -0.2) is 0 Å². The summed E-state index contributed by atoms with van der Waals surface area (Å²) in [7, 11) is 0. The Morgan fingerprint density at radius 1 is 1.56 bits per heavy atom. The second-order valence-electron chi connectivity index (χ2n) is 3.56. The van der Waals surface area contributed by atoms with Crippen LogP contribution in [0.5, 0.6) is 0 Å². The second kappa shape index (κ2) is 6.03. The number of aryl methyl sites for hydroxylation is 2. The summed E-state index contributed by atoms with van der Waals surface area (Å²) in [5.41, 5.74) is 1.57. The molecule has 0 bridgehead atoms. The van der Waals surface area contributed by atoms with E-state index < -0.39 is 0 Å². The number of hydrogen-bond acceptors (Lipinski definition) is 2. The Morgan fingerprint density at radius 2 is 2.25 bits per heavy atom. The Bertz CT molecular complexity index is 362. The first-order valence-corrected chi connectivity index (χ1v) is 6.65. The third-order valence-corrected chi connectivity index (χ3v) is 2.80. The summed E-state index contributed by atoms with van der Waals surface area (Å²) < 4.78 is 1.76. The maximum atomic E-state index is 12.2. The highest BCUT2D eigenvalue weighted by atomic mass is 79.9. The van der Waals surface area contributed by atoms with Crippen molar-refractivity contribution < 1.29 is 4.79 Å². The van der Waals surface area contributed by atoms with Crippen LogP contribution in [0.15, 0.2) is 6.07 Å². The predicted molar refractivity (Wildman–Crippen MR) is 68.0 cm³/mol. The molecule has 4 nitrogen and oxygen atoms in total. The fourth-order valence-corrected chi connectivity index (χ4v) is 2.05. The highest BCUT2D eigenvalue weighted by Gasteiger charge is 2.18. The van der Waals surface area contributed by atoms with Crippen molar-refractivity contribution >= 4 is 21.8 Å². The van der Waals surface area contributed by atoms with Crippen molar-refractivity contribution in [3.63, 3.8) is 0 Å². The fourth-order valence-electron chi connectivity index (χ4n) is 1.63. The third kappa shape index (κ3) is 2.84. The van der Waals surface area contributed by atoms with Crippen LogP contribution in [0.1, 0.15) is 30.0 Å². The number of aromatic nitrogens is 2. The van der Waals surface area contributed by atoms with Gasteiger partial charge in [-0.15, -0.1) is 0 Å². The van der Waals surface area contributed by atoms with Crippen LogP contribution in [0.4, 0.5) is 0 Å². The van der Waals surface area contributed by atoms with E-state index in [2.05, 4.69) is 21.0 Å². The molecule has 0 fully saturated rings. The minimum absolute atomic E-state index is 0.0596.